The summed E-state index contributed by atoms with van der Waals surface area (Å²) in [5.74, 6) is 0. The molecule has 70 valence electrons. The Balaban J connectivity index is 2.74. The lowest BCUT2D eigenvalue weighted by atomic mass is 10.0. The maximum absolute atomic E-state index is 9.53. The molecule has 0 aromatic carbocycles. The molecule has 0 saturated heterocycles. The predicted octanol–water partition coefficient (Wildman–Crippen LogP) is 0.0261. The second-order valence-corrected chi connectivity index (χ2v) is 2.82. The highest BCUT2D eigenvalue weighted by atomic mass is 16.3. The molecule has 0 fully saturated rings. The summed E-state index contributed by atoms with van der Waals surface area (Å²) >= 11 is 0. The third-order valence-electron chi connectivity index (χ3n) is 1.85. The van der Waals surface area contributed by atoms with Gasteiger partial charge in [-0.05, 0) is 6.92 Å². The van der Waals surface area contributed by atoms with Crippen molar-refractivity contribution in [1.82, 2.24) is 10.2 Å². The van der Waals surface area contributed by atoms with Crippen molar-refractivity contribution in [1.29, 1.82) is 5.26 Å². The van der Waals surface area contributed by atoms with E-state index in [-0.39, 0.29) is 6.42 Å². The summed E-state index contributed by atoms with van der Waals surface area (Å²) in [5.41, 5.74) is 1.23. The van der Waals surface area contributed by atoms with Gasteiger partial charge in [-0.15, -0.1) is 0 Å². The van der Waals surface area contributed by atoms with Crippen LogP contribution in [0.5, 0.6) is 0 Å². The van der Waals surface area contributed by atoms with Gasteiger partial charge in [-0.1, -0.05) is 0 Å². The van der Waals surface area contributed by atoms with E-state index in [0.717, 1.165) is 0 Å². The molecular weight excluding hydrogens is 170 g/mol. The average Bonchev–Trinajstić information content (AvgIpc) is 2.50. The third-order valence-corrected chi connectivity index (χ3v) is 1.85. The zero-order valence-corrected chi connectivity index (χ0v) is 7.23. The monoisotopic (exact) mass is 181 g/mol. The highest BCUT2D eigenvalue weighted by molar-refractivity contribution is 5.18. The van der Waals surface area contributed by atoms with Crippen LogP contribution in [0.3, 0.4) is 0 Å². The first kappa shape index (κ1) is 9.71. The standard InChI is InChI=1S/C8H11N3O2/c1-5-6(4-10-11-5)8(13)7(12)2-3-9/h4,7-8,12-13H,2H2,1H3,(H,10,11). The highest BCUT2D eigenvalue weighted by Gasteiger charge is 2.20. The van der Waals surface area contributed by atoms with Crippen LogP contribution in [0.25, 0.3) is 0 Å². The Labute approximate surface area is 75.6 Å². The first-order valence-electron chi connectivity index (χ1n) is 3.89. The molecule has 2 atom stereocenters. The van der Waals surface area contributed by atoms with E-state index in [1.165, 1.54) is 6.20 Å². The number of aliphatic hydroxyl groups excluding tert-OH is 2. The van der Waals surface area contributed by atoms with Gasteiger partial charge < -0.3 is 10.2 Å². The van der Waals surface area contributed by atoms with Crippen molar-refractivity contribution in [2.75, 3.05) is 0 Å². The molecule has 0 spiro atoms. The molecule has 5 nitrogen and oxygen atoms in total. The minimum Gasteiger partial charge on any atom is -0.389 e. The van der Waals surface area contributed by atoms with Gasteiger partial charge in [-0.3, -0.25) is 5.10 Å². The molecule has 0 bridgehead atoms. The topological polar surface area (TPSA) is 92.9 Å². The fraction of sp³-hybridized carbons (Fsp3) is 0.500. The lowest BCUT2D eigenvalue weighted by molar-refractivity contribution is 0.0213. The number of nitrogens with one attached hydrogen (secondary N) is 1. The molecule has 0 radical (unpaired) electrons. The van der Waals surface area contributed by atoms with Gasteiger partial charge in [0.2, 0.25) is 0 Å². The van der Waals surface area contributed by atoms with Crippen molar-refractivity contribution >= 4 is 0 Å². The van der Waals surface area contributed by atoms with Crippen molar-refractivity contribution in [3.05, 3.63) is 17.5 Å². The molecule has 1 rings (SSSR count). The first-order valence-corrected chi connectivity index (χ1v) is 3.89. The molecular formula is C8H11N3O2. The lowest BCUT2D eigenvalue weighted by Gasteiger charge is -2.13. The number of H-pyrrole nitrogens is 1. The molecule has 0 saturated carbocycles. The molecule has 3 N–H and O–H groups in total. The Bertz CT molecular complexity index is 315. The van der Waals surface area contributed by atoms with Crippen LogP contribution >= 0.6 is 0 Å². The van der Waals surface area contributed by atoms with Crippen LogP contribution in [0.2, 0.25) is 0 Å². The second kappa shape index (κ2) is 4.03. The molecule has 0 aliphatic heterocycles. The first-order chi connectivity index (χ1) is 6.16. The van der Waals surface area contributed by atoms with Crippen LogP contribution in [0, 0.1) is 18.3 Å². The highest BCUT2D eigenvalue weighted by Crippen LogP contribution is 2.19. The van der Waals surface area contributed by atoms with Crippen LogP contribution in [-0.2, 0) is 0 Å². The van der Waals surface area contributed by atoms with Crippen molar-refractivity contribution in [3.8, 4) is 6.07 Å². The smallest absolute Gasteiger partial charge is 0.109 e. The number of aryl methyl sites for hydroxylation is 1. The summed E-state index contributed by atoms with van der Waals surface area (Å²) in [7, 11) is 0. The van der Waals surface area contributed by atoms with Crippen molar-refractivity contribution in [2.24, 2.45) is 0 Å². The number of hydrogen-bond acceptors (Lipinski definition) is 4. The van der Waals surface area contributed by atoms with E-state index in [2.05, 4.69) is 10.2 Å². The number of nitrogens with zero attached hydrogens (tertiary/aromatic N) is 2. The largest absolute Gasteiger partial charge is 0.389 e. The van der Waals surface area contributed by atoms with E-state index in [4.69, 9.17) is 5.26 Å². The summed E-state index contributed by atoms with van der Waals surface area (Å²) in [6.45, 7) is 1.74. The number of aromatic nitrogens is 2. The Morgan fingerprint density at radius 2 is 2.38 bits per heavy atom. The number of aromatic amines is 1. The van der Waals surface area contributed by atoms with E-state index < -0.39 is 12.2 Å². The maximum atomic E-state index is 9.53. The zero-order chi connectivity index (χ0) is 9.84. The lowest BCUT2D eigenvalue weighted by Crippen LogP contribution is -2.17. The van der Waals surface area contributed by atoms with Gasteiger partial charge in [0.05, 0.1) is 24.8 Å². The average molecular weight is 181 g/mol. The minimum absolute atomic E-state index is 0.0915. The van der Waals surface area contributed by atoms with E-state index in [1.54, 1.807) is 13.0 Å². The van der Waals surface area contributed by atoms with Gasteiger partial charge in [0.25, 0.3) is 0 Å². The van der Waals surface area contributed by atoms with E-state index >= 15 is 0 Å². The molecule has 5 heteroatoms. The van der Waals surface area contributed by atoms with Gasteiger partial charge in [0.15, 0.2) is 0 Å². The van der Waals surface area contributed by atoms with E-state index in [9.17, 15) is 10.2 Å². The van der Waals surface area contributed by atoms with Gasteiger partial charge in [-0.25, -0.2) is 0 Å². The van der Waals surface area contributed by atoms with Crippen LogP contribution in [-0.4, -0.2) is 26.5 Å². The fourth-order valence-electron chi connectivity index (χ4n) is 1.07. The Kier molecular flexibility index (Phi) is 3.01. The van der Waals surface area contributed by atoms with Crippen molar-refractivity contribution in [2.45, 2.75) is 25.6 Å². The fourth-order valence-corrected chi connectivity index (χ4v) is 1.07. The summed E-state index contributed by atoms with van der Waals surface area (Å²) in [6.07, 6.45) is -0.744. The Hall–Kier alpha value is -1.38. The van der Waals surface area contributed by atoms with Crippen molar-refractivity contribution in [3.63, 3.8) is 0 Å². The molecule has 1 aromatic rings. The number of rotatable bonds is 3. The molecule has 13 heavy (non-hydrogen) atoms. The van der Waals surface area contributed by atoms with Gasteiger partial charge >= 0.3 is 0 Å². The van der Waals surface area contributed by atoms with Crippen LogP contribution in [0.1, 0.15) is 23.8 Å². The quantitative estimate of drug-likeness (QED) is 0.613. The van der Waals surface area contributed by atoms with Crippen molar-refractivity contribution < 1.29 is 10.2 Å². The van der Waals surface area contributed by atoms with E-state index in [1.807, 2.05) is 0 Å². The second-order valence-electron chi connectivity index (χ2n) is 2.82. The maximum Gasteiger partial charge on any atom is 0.109 e. The predicted molar refractivity (Wildman–Crippen MR) is 44.5 cm³/mol. The minimum atomic E-state index is -1.05. The van der Waals surface area contributed by atoms with Crippen LogP contribution in [0.15, 0.2) is 6.20 Å². The zero-order valence-electron chi connectivity index (χ0n) is 7.23. The normalized spacial score (nSPS) is 14.9. The number of aliphatic hydroxyl groups is 2. The Morgan fingerprint density at radius 1 is 1.69 bits per heavy atom. The van der Waals surface area contributed by atoms with Gasteiger partial charge in [0.1, 0.15) is 6.10 Å². The molecule has 0 aliphatic carbocycles. The summed E-state index contributed by atoms with van der Waals surface area (Å²) in [4.78, 5) is 0. The SMILES string of the molecule is Cc1[nH]ncc1C(O)C(O)CC#N. The van der Waals surface area contributed by atoms with E-state index in [0.29, 0.717) is 11.3 Å². The molecule has 2 unspecified atom stereocenters. The van der Waals surface area contributed by atoms with Crippen LogP contribution in [0.4, 0.5) is 0 Å². The molecule has 1 aromatic heterocycles. The molecule has 0 aliphatic rings. The third kappa shape index (κ3) is 2.05. The molecule has 0 amide bonds. The summed E-state index contributed by atoms with van der Waals surface area (Å²) < 4.78 is 0. The number of nitriles is 1. The summed E-state index contributed by atoms with van der Waals surface area (Å²) in [6, 6.07) is 1.79. The molecule has 1 heterocycles. The number of hydrogen-bond donors (Lipinski definition) is 3. The summed E-state index contributed by atoms with van der Waals surface area (Å²) in [5, 5.41) is 33.5. The van der Waals surface area contributed by atoms with Gasteiger partial charge in [0, 0.05) is 11.3 Å². The van der Waals surface area contributed by atoms with Crippen LogP contribution < -0.4 is 0 Å². The Morgan fingerprint density at radius 3 is 2.85 bits per heavy atom. The van der Waals surface area contributed by atoms with Gasteiger partial charge in [-0.2, -0.15) is 10.4 Å².